The summed E-state index contributed by atoms with van der Waals surface area (Å²) < 4.78 is 48.3. The molecule has 2 rings (SSSR count). The van der Waals surface area contributed by atoms with Gasteiger partial charge in [-0.1, -0.05) is 12.1 Å². The Hall–Kier alpha value is -1.23. The zero-order chi connectivity index (χ0) is 19.0. The molecule has 1 aliphatic rings. The Bertz CT molecular complexity index is 606. The molecule has 0 radical (unpaired) electrons. The van der Waals surface area contributed by atoms with Gasteiger partial charge in [-0.05, 0) is 25.5 Å². The van der Waals surface area contributed by atoms with Crippen LogP contribution in [0.2, 0.25) is 0 Å². The molecule has 2 N–H and O–H groups in total. The van der Waals surface area contributed by atoms with E-state index in [-0.39, 0.29) is 36.6 Å². The van der Waals surface area contributed by atoms with Crippen LogP contribution in [0.3, 0.4) is 0 Å². The van der Waals surface area contributed by atoms with Crippen molar-refractivity contribution in [1.82, 2.24) is 10.6 Å². The summed E-state index contributed by atoms with van der Waals surface area (Å²) in [5.41, 5.74) is 1.96. The number of alkyl halides is 3. The number of ether oxygens (including phenoxy) is 2. The van der Waals surface area contributed by atoms with Crippen molar-refractivity contribution in [3.05, 3.63) is 29.3 Å². The van der Waals surface area contributed by atoms with Gasteiger partial charge in [0, 0.05) is 25.1 Å². The average molecular weight is 501 g/mol. The summed E-state index contributed by atoms with van der Waals surface area (Å²) in [5.74, 6) is 1.10. The van der Waals surface area contributed by atoms with Crippen LogP contribution in [-0.2, 0) is 11.3 Å². The lowest BCUT2D eigenvalue weighted by atomic mass is 10.1. The molecule has 0 aliphatic carbocycles. The molecule has 0 saturated carbocycles. The molecule has 1 heterocycles. The van der Waals surface area contributed by atoms with E-state index >= 15 is 0 Å². The fourth-order valence-electron chi connectivity index (χ4n) is 2.52. The molecule has 1 unspecified atom stereocenters. The number of benzene rings is 1. The second-order valence-electron chi connectivity index (χ2n) is 6.20. The van der Waals surface area contributed by atoms with E-state index in [0.717, 1.165) is 23.3 Å². The highest BCUT2D eigenvalue weighted by molar-refractivity contribution is 14.0. The smallest absolute Gasteiger partial charge is 0.390 e. The molecule has 0 spiro atoms. The minimum atomic E-state index is -4.19. The molecule has 1 atom stereocenters. The molecule has 27 heavy (non-hydrogen) atoms. The van der Waals surface area contributed by atoms with Gasteiger partial charge in [0.2, 0.25) is 0 Å². The van der Waals surface area contributed by atoms with Gasteiger partial charge in [0.25, 0.3) is 0 Å². The van der Waals surface area contributed by atoms with Gasteiger partial charge in [-0.2, -0.15) is 13.2 Å². The first-order valence-corrected chi connectivity index (χ1v) is 8.80. The Balaban J connectivity index is 0.00000364. The minimum absolute atomic E-state index is 0. The predicted octanol–water partition coefficient (Wildman–Crippen LogP) is 3.79. The molecule has 1 fully saturated rings. The number of guanidine groups is 1. The highest BCUT2D eigenvalue weighted by Gasteiger charge is 2.26. The molecular weight excluding hydrogens is 474 g/mol. The summed E-state index contributed by atoms with van der Waals surface area (Å²) in [6.45, 7) is 5.76. The quantitative estimate of drug-likeness (QED) is 0.339. The predicted molar refractivity (Wildman–Crippen MR) is 110 cm³/mol. The van der Waals surface area contributed by atoms with Crippen molar-refractivity contribution in [2.45, 2.75) is 45.5 Å². The van der Waals surface area contributed by atoms with Crippen LogP contribution >= 0.6 is 24.0 Å². The Morgan fingerprint density at radius 1 is 1.33 bits per heavy atom. The van der Waals surface area contributed by atoms with E-state index in [4.69, 9.17) is 9.47 Å². The Labute approximate surface area is 175 Å². The van der Waals surface area contributed by atoms with Crippen molar-refractivity contribution in [1.29, 1.82) is 0 Å². The molecule has 154 valence electrons. The van der Waals surface area contributed by atoms with Crippen LogP contribution < -0.4 is 15.4 Å². The molecule has 0 amide bonds. The number of aliphatic imine (C=N–C) groups is 1. The second-order valence-corrected chi connectivity index (χ2v) is 6.20. The molecule has 1 aromatic rings. The fourth-order valence-corrected chi connectivity index (χ4v) is 2.52. The third-order valence-corrected chi connectivity index (χ3v) is 3.86. The molecule has 0 aromatic heterocycles. The topological polar surface area (TPSA) is 54.9 Å². The maximum absolute atomic E-state index is 12.3. The largest absolute Gasteiger partial charge is 0.488 e. The number of hydrogen-bond donors (Lipinski definition) is 2. The van der Waals surface area contributed by atoms with Crippen LogP contribution in [0.1, 0.15) is 30.9 Å². The van der Waals surface area contributed by atoms with Crippen LogP contribution in [0.15, 0.2) is 23.2 Å². The minimum Gasteiger partial charge on any atom is -0.488 e. The maximum Gasteiger partial charge on any atom is 0.390 e. The first-order chi connectivity index (χ1) is 12.4. The van der Waals surface area contributed by atoms with Gasteiger partial charge < -0.3 is 20.1 Å². The highest BCUT2D eigenvalue weighted by atomic mass is 127. The van der Waals surface area contributed by atoms with Gasteiger partial charge in [0.1, 0.15) is 11.9 Å². The van der Waals surface area contributed by atoms with E-state index in [0.29, 0.717) is 32.3 Å². The number of aryl methyl sites for hydroxylation is 1. The van der Waals surface area contributed by atoms with Crippen molar-refractivity contribution in [3.8, 4) is 5.75 Å². The van der Waals surface area contributed by atoms with Crippen molar-refractivity contribution in [2.24, 2.45) is 4.99 Å². The van der Waals surface area contributed by atoms with Gasteiger partial charge >= 0.3 is 6.18 Å². The van der Waals surface area contributed by atoms with Crippen molar-refractivity contribution in [2.75, 3.05) is 26.3 Å². The highest BCUT2D eigenvalue weighted by Crippen LogP contribution is 2.24. The number of nitrogens with zero attached hydrogens (tertiary/aromatic N) is 1. The first-order valence-electron chi connectivity index (χ1n) is 8.80. The average Bonchev–Trinajstić information content (AvgIpc) is 3.06. The van der Waals surface area contributed by atoms with E-state index in [1.165, 1.54) is 0 Å². The van der Waals surface area contributed by atoms with Gasteiger partial charge in [0.05, 0.1) is 26.2 Å². The SMILES string of the molecule is CCNC(=NCc1ccc(C)cc1OC1CCOC1)NCCC(F)(F)F.I. The Morgan fingerprint density at radius 2 is 2.11 bits per heavy atom. The molecule has 9 heteroatoms. The monoisotopic (exact) mass is 501 g/mol. The van der Waals surface area contributed by atoms with E-state index in [1.54, 1.807) is 0 Å². The Morgan fingerprint density at radius 3 is 2.74 bits per heavy atom. The summed E-state index contributed by atoms with van der Waals surface area (Å²) in [5, 5.41) is 5.66. The van der Waals surface area contributed by atoms with E-state index in [9.17, 15) is 13.2 Å². The van der Waals surface area contributed by atoms with Gasteiger partial charge in [-0.3, -0.25) is 0 Å². The summed E-state index contributed by atoms with van der Waals surface area (Å²) in [4.78, 5) is 4.38. The summed E-state index contributed by atoms with van der Waals surface area (Å²) in [7, 11) is 0. The third kappa shape index (κ3) is 9.00. The fraction of sp³-hybridized carbons (Fsp3) is 0.611. The summed E-state index contributed by atoms with van der Waals surface area (Å²) in [6.07, 6.45) is -4.22. The van der Waals surface area contributed by atoms with Crippen LogP contribution in [0, 0.1) is 6.92 Å². The van der Waals surface area contributed by atoms with E-state index in [2.05, 4.69) is 15.6 Å². The van der Waals surface area contributed by atoms with Gasteiger partial charge in [-0.25, -0.2) is 4.99 Å². The van der Waals surface area contributed by atoms with Crippen LogP contribution in [0.4, 0.5) is 13.2 Å². The zero-order valence-corrected chi connectivity index (χ0v) is 17.9. The van der Waals surface area contributed by atoms with Crippen molar-refractivity contribution in [3.63, 3.8) is 0 Å². The molecule has 1 aromatic carbocycles. The Kier molecular flexibility index (Phi) is 10.2. The van der Waals surface area contributed by atoms with Gasteiger partial charge in [0.15, 0.2) is 5.96 Å². The van der Waals surface area contributed by atoms with E-state index < -0.39 is 12.6 Å². The molecule has 0 bridgehead atoms. The van der Waals surface area contributed by atoms with E-state index in [1.807, 2.05) is 32.0 Å². The lowest BCUT2D eigenvalue weighted by Crippen LogP contribution is -2.38. The summed E-state index contributed by atoms with van der Waals surface area (Å²) >= 11 is 0. The maximum atomic E-state index is 12.3. The number of nitrogens with one attached hydrogen (secondary N) is 2. The van der Waals surface area contributed by atoms with Gasteiger partial charge in [-0.15, -0.1) is 24.0 Å². The molecular formula is C18H27F3IN3O2. The van der Waals surface area contributed by atoms with Crippen LogP contribution in [0.25, 0.3) is 0 Å². The normalized spacial score (nSPS) is 17.4. The summed E-state index contributed by atoms with van der Waals surface area (Å²) in [6, 6.07) is 5.85. The van der Waals surface area contributed by atoms with Crippen molar-refractivity contribution < 1.29 is 22.6 Å². The van der Waals surface area contributed by atoms with Crippen LogP contribution in [0.5, 0.6) is 5.75 Å². The zero-order valence-electron chi connectivity index (χ0n) is 15.6. The number of halogens is 4. The standard InChI is InChI=1S/C18H26F3N3O2.HI/c1-3-22-17(23-8-7-18(19,20)21)24-11-14-5-4-13(2)10-16(14)26-15-6-9-25-12-15;/h4-5,10,15H,3,6-9,11-12H2,1-2H3,(H2,22,23,24);1H. The lowest BCUT2D eigenvalue weighted by Gasteiger charge is -2.16. The van der Waals surface area contributed by atoms with Crippen molar-refractivity contribution >= 4 is 29.9 Å². The number of hydrogen-bond acceptors (Lipinski definition) is 3. The molecule has 5 nitrogen and oxygen atoms in total. The molecule has 1 aliphatic heterocycles. The number of rotatable bonds is 7. The van der Waals surface area contributed by atoms with Crippen LogP contribution in [-0.4, -0.2) is 44.5 Å². The molecule has 1 saturated heterocycles. The second kappa shape index (κ2) is 11.6. The lowest BCUT2D eigenvalue weighted by molar-refractivity contribution is -0.132. The third-order valence-electron chi connectivity index (χ3n) is 3.86. The first kappa shape index (κ1) is 23.8.